The molecule has 1 aromatic carbocycles. The number of hydrogen-bond acceptors (Lipinski definition) is 4. The fourth-order valence-electron chi connectivity index (χ4n) is 3.07. The van der Waals surface area contributed by atoms with E-state index in [0.717, 1.165) is 5.56 Å². The van der Waals surface area contributed by atoms with Crippen molar-refractivity contribution in [1.82, 2.24) is 5.32 Å². The molecule has 0 radical (unpaired) electrons. The summed E-state index contributed by atoms with van der Waals surface area (Å²) in [6.45, 7) is 1.81. The van der Waals surface area contributed by atoms with E-state index in [1.165, 1.54) is 0 Å². The van der Waals surface area contributed by atoms with Crippen LogP contribution in [0.3, 0.4) is 0 Å². The van der Waals surface area contributed by atoms with Crippen LogP contribution < -0.4 is 5.32 Å². The predicted molar refractivity (Wildman–Crippen MR) is 69.3 cm³/mol. The second-order valence-corrected chi connectivity index (χ2v) is 5.23. The summed E-state index contributed by atoms with van der Waals surface area (Å²) in [7, 11) is 0. The van der Waals surface area contributed by atoms with Crippen molar-refractivity contribution in [3.63, 3.8) is 0 Å². The van der Waals surface area contributed by atoms with Gasteiger partial charge in [-0.2, -0.15) is 0 Å². The van der Waals surface area contributed by atoms with Crippen LogP contribution in [0, 0.1) is 5.92 Å². The van der Waals surface area contributed by atoms with Crippen molar-refractivity contribution in [2.75, 3.05) is 19.8 Å². The molecule has 100 valence electrons. The molecule has 1 aliphatic rings. The molecule has 0 amide bonds. The van der Waals surface area contributed by atoms with Gasteiger partial charge in [0.15, 0.2) is 0 Å². The molecular formula is C14H21NO3. The first-order valence-corrected chi connectivity index (χ1v) is 6.31. The summed E-state index contributed by atoms with van der Waals surface area (Å²) in [6.07, 6.45) is 0. The van der Waals surface area contributed by atoms with Crippen LogP contribution in [0.4, 0.5) is 0 Å². The molecule has 2 rings (SSSR count). The van der Waals surface area contributed by atoms with Gasteiger partial charge in [0.1, 0.15) is 0 Å². The van der Waals surface area contributed by atoms with Crippen molar-refractivity contribution < 1.29 is 15.3 Å². The van der Waals surface area contributed by atoms with E-state index >= 15 is 0 Å². The third-order valence-electron chi connectivity index (χ3n) is 4.11. The lowest BCUT2D eigenvalue weighted by molar-refractivity contribution is 0.104. The summed E-state index contributed by atoms with van der Waals surface area (Å²) in [5.74, 6) is -0.0969. The first-order chi connectivity index (χ1) is 8.66. The second-order valence-electron chi connectivity index (χ2n) is 5.23. The molecule has 0 spiro atoms. The van der Waals surface area contributed by atoms with Crippen molar-refractivity contribution in [2.24, 2.45) is 5.92 Å². The number of aliphatic hydroxyl groups excluding tert-OH is 3. The number of aliphatic hydroxyl groups is 3. The molecule has 4 nitrogen and oxygen atoms in total. The first-order valence-electron chi connectivity index (χ1n) is 6.31. The molecule has 1 saturated heterocycles. The molecule has 1 aliphatic heterocycles. The Morgan fingerprint density at radius 2 is 1.78 bits per heavy atom. The maximum atomic E-state index is 9.65. The van der Waals surface area contributed by atoms with Gasteiger partial charge in [-0.05, 0) is 12.5 Å². The van der Waals surface area contributed by atoms with Gasteiger partial charge >= 0.3 is 0 Å². The van der Waals surface area contributed by atoms with Gasteiger partial charge < -0.3 is 20.6 Å². The van der Waals surface area contributed by atoms with Crippen molar-refractivity contribution in [3.8, 4) is 0 Å². The largest absolute Gasteiger partial charge is 0.396 e. The van der Waals surface area contributed by atoms with E-state index in [9.17, 15) is 15.3 Å². The minimum absolute atomic E-state index is 0.00828. The van der Waals surface area contributed by atoms with E-state index in [1.807, 2.05) is 37.3 Å². The molecule has 0 unspecified atom stereocenters. The van der Waals surface area contributed by atoms with Crippen LogP contribution in [0.5, 0.6) is 0 Å². The monoisotopic (exact) mass is 251 g/mol. The highest BCUT2D eigenvalue weighted by Crippen LogP contribution is 2.41. The Hall–Kier alpha value is -0.940. The summed E-state index contributed by atoms with van der Waals surface area (Å²) < 4.78 is 0. The number of nitrogens with one attached hydrogen (secondary N) is 1. The molecule has 0 bridgehead atoms. The molecule has 1 fully saturated rings. The number of benzene rings is 1. The lowest BCUT2D eigenvalue weighted by atomic mass is 9.77. The molecule has 4 atom stereocenters. The van der Waals surface area contributed by atoms with E-state index in [2.05, 4.69) is 5.32 Å². The summed E-state index contributed by atoms with van der Waals surface area (Å²) in [6, 6.07) is 9.71. The van der Waals surface area contributed by atoms with Gasteiger partial charge in [0.25, 0.3) is 0 Å². The summed E-state index contributed by atoms with van der Waals surface area (Å²) >= 11 is 0. The molecular weight excluding hydrogens is 230 g/mol. The van der Waals surface area contributed by atoms with Crippen molar-refractivity contribution >= 4 is 0 Å². The van der Waals surface area contributed by atoms with Crippen LogP contribution in [-0.4, -0.2) is 46.7 Å². The second kappa shape index (κ2) is 5.36. The highest BCUT2D eigenvalue weighted by atomic mass is 16.3. The molecule has 18 heavy (non-hydrogen) atoms. The van der Waals surface area contributed by atoms with Crippen LogP contribution in [0.1, 0.15) is 18.4 Å². The Morgan fingerprint density at radius 3 is 2.28 bits per heavy atom. The molecule has 4 heteroatoms. The van der Waals surface area contributed by atoms with Crippen LogP contribution in [0.15, 0.2) is 30.3 Å². The number of hydrogen-bond donors (Lipinski definition) is 4. The number of rotatable bonds is 4. The summed E-state index contributed by atoms with van der Waals surface area (Å²) in [4.78, 5) is 0. The highest BCUT2D eigenvalue weighted by molar-refractivity contribution is 5.27. The topological polar surface area (TPSA) is 72.7 Å². The molecule has 1 aromatic rings. The van der Waals surface area contributed by atoms with Crippen LogP contribution in [0.2, 0.25) is 0 Å². The first kappa shape index (κ1) is 13.5. The summed E-state index contributed by atoms with van der Waals surface area (Å²) in [5.41, 5.74) is 0.531. The maximum Gasteiger partial charge on any atom is 0.0614 e. The van der Waals surface area contributed by atoms with Gasteiger partial charge in [-0.15, -0.1) is 0 Å². The van der Waals surface area contributed by atoms with Gasteiger partial charge in [0.2, 0.25) is 0 Å². The van der Waals surface area contributed by atoms with Crippen molar-refractivity contribution in [2.45, 2.75) is 24.4 Å². The fourth-order valence-corrected chi connectivity index (χ4v) is 3.07. The van der Waals surface area contributed by atoms with Crippen molar-refractivity contribution in [1.29, 1.82) is 0 Å². The van der Waals surface area contributed by atoms with Crippen molar-refractivity contribution in [3.05, 3.63) is 35.9 Å². The Bertz CT molecular complexity index is 384. The van der Waals surface area contributed by atoms with Gasteiger partial charge in [0.05, 0.1) is 13.2 Å². The molecule has 1 heterocycles. The minimum Gasteiger partial charge on any atom is -0.396 e. The van der Waals surface area contributed by atoms with Gasteiger partial charge in [0, 0.05) is 30.0 Å². The zero-order valence-electron chi connectivity index (χ0n) is 10.6. The lowest BCUT2D eigenvalue weighted by Crippen LogP contribution is -2.48. The average Bonchev–Trinajstić information content (AvgIpc) is 2.72. The highest BCUT2D eigenvalue weighted by Gasteiger charge is 2.49. The Balaban J connectivity index is 2.37. The van der Waals surface area contributed by atoms with E-state index in [-0.39, 0.29) is 37.7 Å². The lowest BCUT2D eigenvalue weighted by Gasteiger charge is -2.30. The molecule has 4 N–H and O–H groups in total. The SMILES string of the molecule is C[C@@]1(CO)N[C@H](CO)[C@@H](c2ccccc2)[C@@H]1CO. The van der Waals surface area contributed by atoms with E-state index in [1.54, 1.807) is 0 Å². The Labute approximate surface area is 107 Å². The van der Waals surface area contributed by atoms with Crippen LogP contribution in [-0.2, 0) is 0 Å². The van der Waals surface area contributed by atoms with E-state index < -0.39 is 5.54 Å². The van der Waals surface area contributed by atoms with Gasteiger partial charge in [-0.3, -0.25) is 0 Å². The maximum absolute atomic E-state index is 9.65. The molecule has 0 aliphatic carbocycles. The van der Waals surface area contributed by atoms with E-state index in [0.29, 0.717) is 0 Å². The smallest absolute Gasteiger partial charge is 0.0614 e. The van der Waals surface area contributed by atoms with E-state index in [4.69, 9.17) is 0 Å². The third-order valence-corrected chi connectivity index (χ3v) is 4.11. The molecule has 0 aromatic heterocycles. The van der Waals surface area contributed by atoms with Crippen LogP contribution in [0.25, 0.3) is 0 Å². The third kappa shape index (κ3) is 2.17. The quantitative estimate of drug-likeness (QED) is 0.612. The standard InChI is InChI=1S/C14H21NO3/c1-14(9-18)11(7-16)13(12(8-17)15-14)10-5-3-2-4-6-10/h2-6,11-13,15-18H,7-9H2,1H3/t11-,12+,13-,14-/m0/s1. The van der Waals surface area contributed by atoms with Gasteiger partial charge in [-0.1, -0.05) is 30.3 Å². The average molecular weight is 251 g/mol. The zero-order chi connectivity index (χ0) is 13.2. The summed E-state index contributed by atoms with van der Waals surface area (Å²) in [5, 5.41) is 32.0. The van der Waals surface area contributed by atoms with Gasteiger partial charge in [-0.25, -0.2) is 0 Å². The zero-order valence-corrected chi connectivity index (χ0v) is 10.6. The Morgan fingerprint density at radius 1 is 1.11 bits per heavy atom. The van der Waals surface area contributed by atoms with Crippen LogP contribution >= 0.6 is 0 Å². The predicted octanol–water partition coefficient (Wildman–Crippen LogP) is 0.0938. The normalized spacial score (nSPS) is 35.9. The molecule has 0 saturated carbocycles. The Kier molecular flexibility index (Phi) is 4.02. The minimum atomic E-state index is -0.553. The fraction of sp³-hybridized carbons (Fsp3) is 0.571.